The fourth-order valence-corrected chi connectivity index (χ4v) is 3.21. The summed E-state index contributed by atoms with van der Waals surface area (Å²) in [6, 6.07) is 0. The van der Waals surface area contributed by atoms with Gasteiger partial charge >= 0.3 is 0 Å². The first-order chi connectivity index (χ1) is 6.59. The number of ether oxygens (including phenoxy) is 1. The molecule has 0 saturated carbocycles. The smallest absolute Gasteiger partial charge is 0.0987 e. The van der Waals surface area contributed by atoms with Crippen molar-refractivity contribution < 1.29 is 8.95 Å². The molecule has 1 saturated heterocycles. The Morgan fingerprint density at radius 2 is 2.29 bits per heavy atom. The normalized spacial score (nSPS) is 29.4. The highest BCUT2D eigenvalue weighted by molar-refractivity contribution is 7.85. The highest BCUT2D eigenvalue weighted by Crippen LogP contribution is 2.21. The van der Waals surface area contributed by atoms with E-state index in [-0.39, 0.29) is 6.10 Å². The van der Waals surface area contributed by atoms with Crippen LogP contribution in [-0.2, 0) is 15.5 Å². The fraction of sp³-hybridized carbons (Fsp3) is 0.818. The molecule has 82 valence electrons. The van der Waals surface area contributed by atoms with Crippen molar-refractivity contribution in [3.63, 3.8) is 0 Å². The van der Waals surface area contributed by atoms with E-state index in [0.29, 0.717) is 5.92 Å². The molecule has 2 nitrogen and oxygen atoms in total. The molecule has 14 heavy (non-hydrogen) atoms. The molecule has 1 aliphatic heterocycles. The molecule has 3 unspecified atom stereocenters. The third kappa shape index (κ3) is 3.82. The van der Waals surface area contributed by atoms with Crippen LogP contribution in [0.3, 0.4) is 0 Å². The van der Waals surface area contributed by atoms with Crippen LogP contribution in [0.1, 0.15) is 33.6 Å². The van der Waals surface area contributed by atoms with E-state index in [1.54, 1.807) is 0 Å². The minimum absolute atomic E-state index is 0.203. The van der Waals surface area contributed by atoms with Gasteiger partial charge in [0, 0.05) is 28.2 Å². The summed E-state index contributed by atoms with van der Waals surface area (Å²) in [5.74, 6) is 2.17. The molecule has 0 aromatic rings. The maximum absolute atomic E-state index is 11.4. The van der Waals surface area contributed by atoms with E-state index in [0.717, 1.165) is 24.3 Å². The molecule has 0 radical (unpaired) electrons. The topological polar surface area (TPSA) is 26.3 Å². The summed E-state index contributed by atoms with van der Waals surface area (Å²) in [7, 11) is -0.606. The van der Waals surface area contributed by atoms with Gasteiger partial charge in [-0.3, -0.25) is 4.21 Å². The zero-order chi connectivity index (χ0) is 10.6. The standard InChI is InChI=1S/C11H20O2S/c1-9(2)7-13-10(3)11-5-4-6-14(12)8-11/h7,10-11H,4-6,8H2,1-3H3. The van der Waals surface area contributed by atoms with Gasteiger partial charge in [0.15, 0.2) is 0 Å². The van der Waals surface area contributed by atoms with E-state index >= 15 is 0 Å². The second kappa shape index (κ2) is 5.54. The van der Waals surface area contributed by atoms with Gasteiger partial charge in [-0.05, 0) is 39.2 Å². The van der Waals surface area contributed by atoms with Crippen molar-refractivity contribution >= 4 is 10.8 Å². The minimum Gasteiger partial charge on any atom is -0.498 e. The molecule has 0 N–H and O–H groups in total. The maximum Gasteiger partial charge on any atom is 0.0987 e. The lowest BCUT2D eigenvalue weighted by atomic mass is 10.00. The zero-order valence-electron chi connectivity index (χ0n) is 9.29. The van der Waals surface area contributed by atoms with Crippen LogP contribution < -0.4 is 0 Å². The summed E-state index contributed by atoms with van der Waals surface area (Å²) in [6.45, 7) is 6.12. The van der Waals surface area contributed by atoms with Crippen LogP contribution in [0, 0.1) is 5.92 Å². The third-order valence-corrected chi connectivity index (χ3v) is 4.07. The molecule has 0 spiro atoms. The SMILES string of the molecule is CC(C)=COC(C)C1CCCS(=O)C1. The van der Waals surface area contributed by atoms with Gasteiger partial charge in [0.2, 0.25) is 0 Å². The Labute approximate surface area is 89.2 Å². The Morgan fingerprint density at radius 3 is 2.86 bits per heavy atom. The number of hydrogen-bond acceptors (Lipinski definition) is 2. The van der Waals surface area contributed by atoms with Gasteiger partial charge in [-0.15, -0.1) is 0 Å². The van der Waals surface area contributed by atoms with E-state index in [2.05, 4.69) is 6.92 Å². The first-order valence-electron chi connectivity index (χ1n) is 5.23. The van der Waals surface area contributed by atoms with E-state index in [1.807, 2.05) is 20.1 Å². The summed E-state index contributed by atoms with van der Waals surface area (Å²) in [5.41, 5.74) is 1.17. The van der Waals surface area contributed by atoms with Crippen LogP contribution in [0.25, 0.3) is 0 Å². The molecule has 0 aliphatic carbocycles. The van der Waals surface area contributed by atoms with Crippen molar-refractivity contribution in [3.05, 3.63) is 11.8 Å². The van der Waals surface area contributed by atoms with Crippen molar-refractivity contribution in [1.29, 1.82) is 0 Å². The Hall–Kier alpha value is -0.310. The minimum atomic E-state index is -0.606. The van der Waals surface area contributed by atoms with Crippen LogP contribution in [0.5, 0.6) is 0 Å². The molecule has 0 amide bonds. The third-order valence-electron chi connectivity index (χ3n) is 2.53. The lowest BCUT2D eigenvalue weighted by molar-refractivity contribution is 0.104. The fourth-order valence-electron chi connectivity index (χ4n) is 1.64. The van der Waals surface area contributed by atoms with Gasteiger partial charge < -0.3 is 4.74 Å². The second-order valence-electron chi connectivity index (χ2n) is 4.25. The summed E-state index contributed by atoms with van der Waals surface area (Å²) in [4.78, 5) is 0. The molecule has 0 aromatic heterocycles. The number of rotatable bonds is 3. The summed E-state index contributed by atoms with van der Waals surface area (Å²) < 4.78 is 17.0. The highest BCUT2D eigenvalue weighted by atomic mass is 32.2. The van der Waals surface area contributed by atoms with Crippen molar-refractivity contribution in [2.75, 3.05) is 11.5 Å². The lowest BCUT2D eigenvalue weighted by Gasteiger charge is -2.26. The Bertz CT molecular complexity index is 231. The predicted molar refractivity (Wildman–Crippen MR) is 60.6 cm³/mol. The molecule has 1 rings (SSSR count). The molecule has 1 heterocycles. The van der Waals surface area contributed by atoms with Gasteiger partial charge in [-0.25, -0.2) is 0 Å². The summed E-state index contributed by atoms with van der Waals surface area (Å²) >= 11 is 0. The molecule has 1 fully saturated rings. The highest BCUT2D eigenvalue weighted by Gasteiger charge is 2.24. The summed E-state index contributed by atoms with van der Waals surface area (Å²) in [5, 5.41) is 0. The number of hydrogen-bond donors (Lipinski definition) is 0. The van der Waals surface area contributed by atoms with Gasteiger partial charge in [-0.2, -0.15) is 0 Å². The first-order valence-corrected chi connectivity index (χ1v) is 6.72. The quantitative estimate of drug-likeness (QED) is 0.677. The summed E-state index contributed by atoms with van der Waals surface area (Å²) in [6.07, 6.45) is 4.25. The van der Waals surface area contributed by atoms with E-state index in [4.69, 9.17) is 4.74 Å². The van der Waals surface area contributed by atoms with Crippen LogP contribution in [0.4, 0.5) is 0 Å². The van der Waals surface area contributed by atoms with Crippen LogP contribution in [0.15, 0.2) is 11.8 Å². The Balaban J connectivity index is 2.39. The van der Waals surface area contributed by atoms with Crippen molar-refractivity contribution in [2.45, 2.75) is 39.7 Å². The van der Waals surface area contributed by atoms with Crippen LogP contribution >= 0.6 is 0 Å². The average molecular weight is 216 g/mol. The van der Waals surface area contributed by atoms with Gasteiger partial charge in [-0.1, -0.05) is 0 Å². The molecule has 3 heteroatoms. The van der Waals surface area contributed by atoms with E-state index in [1.165, 1.54) is 5.57 Å². The largest absolute Gasteiger partial charge is 0.498 e. The monoisotopic (exact) mass is 216 g/mol. The molecule has 0 aromatic carbocycles. The Morgan fingerprint density at radius 1 is 1.57 bits per heavy atom. The van der Waals surface area contributed by atoms with Gasteiger partial charge in [0.05, 0.1) is 12.4 Å². The van der Waals surface area contributed by atoms with Crippen molar-refractivity contribution in [1.82, 2.24) is 0 Å². The molecule has 1 aliphatic rings. The van der Waals surface area contributed by atoms with Crippen molar-refractivity contribution in [2.24, 2.45) is 5.92 Å². The first kappa shape index (κ1) is 11.8. The zero-order valence-corrected chi connectivity index (χ0v) is 10.1. The number of allylic oxidation sites excluding steroid dienone is 1. The lowest BCUT2D eigenvalue weighted by Crippen LogP contribution is -2.29. The molecule has 3 atom stereocenters. The maximum atomic E-state index is 11.4. The molecule has 0 bridgehead atoms. The molecular weight excluding hydrogens is 196 g/mol. The average Bonchev–Trinajstić information content (AvgIpc) is 2.14. The Kier molecular flexibility index (Phi) is 4.66. The van der Waals surface area contributed by atoms with E-state index < -0.39 is 10.8 Å². The molecular formula is C11H20O2S. The van der Waals surface area contributed by atoms with E-state index in [9.17, 15) is 4.21 Å². The second-order valence-corrected chi connectivity index (χ2v) is 5.87. The van der Waals surface area contributed by atoms with Gasteiger partial charge in [0.25, 0.3) is 0 Å². The van der Waals surface area contributed by atoms with Crippen molar-refractivity contribution in [3.8, 4) is 0 Å². The van der Waals surface area contributed by atoms with Crippen LogP contribution in [0.2, 0.25) is 0 Å². The predicted octanol–water partition coefficient (Wildman–Crippen LogP) is 2.47. The van der Waals surface area contributed by atoms with Gasteiger partial charge in [0.1, 0.15) is 0 Å². The van der Waals surface area contributed by atoms with Crippen LogP contribution in [-0.4, -0.2) is 21.8 Å².